The molecule has 0 radical (unpaired) electrons. The molecule has 0 aliphatic heterocycles. The topological polar surface area (TPSA) is 281 Å². The van der Waals surface area contributed by atoms with Gasteiger partial charge < -0.3 is 63.8 Å². The summed E-state index contributed by atoms with van der Waals surface area (Å²) in [6.45, 7) is 44.1. The molecule has 20 nitrogen and oxygen atoms in total. The Morgan fingerprint density at radius 3 is 1.26 bits per heavy atom. The maximum atomic E-state index is 12.1. The Balaban J connectivity index is 0.000000570. The van der Waals surface area contributed by atoms with Crippen molar-refractivity contribution in [2.75, 3.05) is 21.3 Å². The Morgan fingerprint density at radius 1 is 0.412 bits per heavy atom. The van der Waals surface area contributed by atoms with Crippen molar-refractivity contribution in [3.63, 3.8) is 0 Å². The van der Waals surface area contributed by atoms with Crippen molar-refractivity contribution in [1.29, 1.82) is 0 Å². The molecule has 0 aromatic heterocycles. The Morgan fingerprint density at radius 2 is 0.800 bits per heavy atom. The van der Waals surface area contributed by atoms with Gasteiger partial charge in [-0.05, 0) is 177 Å². The van der Waals surface area contributed by atoms with Gasteiger partial charge >= 0.3 is 24.1 Å². The zero-order valence-corrected chi connectivity index (χ0v) is 55.6. The molecule has 12 N–H and O–H groups in total. The quantitative estimate of drug-likeness (QED) is 0.0580. The molecule has 20 heteroatoms. The number of carbonyl (C=O) groups excluding carboxylic acids is 8. The smallest absolute Gasteiger partial charge is 0.319 e. The number of anilines is 4. The fraction of sp³-hybridized carbons (Fsp3) is 0.600. The normalized spacial score (nSPS) is 15.7. The molecule has 4 rings (SSSR count). The van der Waals surface area contributed by atoms with Gasteiger partial charge in [0.15, 0.2) is 0 Å². The van der Waals surface area contributed by atoms with E-state index in [-0.39, 0.29) is 107 Å². The lowest BCUT2D eigenvalue weighted by Gasteiger charge is -2.45. The van der Waals surface area contributed by atoms with E-state index < -0.39 is 11.1 Å². The van der Waals surface area contributed by atoms with Crippen molar-refractivity contribution < 1.29 is 38.4 Å². The van der Waals surface area contributed by atoms with Crippen LogP contribution in [0.3, 0.4) is 0 Å². The molecule has 2 atom stereocenters. The second-order valence-electron chi connectivity index (χ2n) is 26.2. The van der Waals surface area contributed by atoms with Gasteiger partial charge in [-0.1, -0.05) is 91.8 Å². The summed E-state index contributed by atoms with van der Waals surface area (Å²) in [5.41, 5.74) is 4.02. The molecular formula is C65H108N12O8. The van der Waals surface area contributed by atoms with E-state index in [1.54, 1.807) is 30.3 Å². The van der Waals surface area contributed by atoms with Crippen LogP contribution >= 0.6 is 0 Å². The molecule has 0 saturated heterocycles. The summed E-state index contributed by atoms with van der Waals surface area (Å²) in [4.78, 5) is 94.6. The summed E-state index contributed by atoms with van der Waals surface area (Å²) in [7, 11) is 0. The number of rotatable bonds is 18. The molecule has 2 unspecified atom stereocenters. The summed E-state index contributed by atoms with van der Waals surface area (Å²) < 4.78 is 0. The first-order valence-corrected chi connectivity index (χ1v) is 30.0. The highest BCUT2D eigenvalue weighted by molar-refractivity contribution is 5.96. The molecule has 0 bridgehead atoms. The third-order valence-corrected chi connectivity index (χ3v) is 13.2. The highest BCUT2D eigenvalue weighted by Crippen LogP contribution is 2.35. The lowest BCUT2D eigenvalue weighted by molar-refractivity contribution is -0.127. The lowest BCUT2D eigenvalue weighted by atomic mass is 9.72. The van der Waals surface area contributed by atoms with E-state index in [4.69, 9.17) is 0 Å². The highest BCUT2D eigenvalue weighted by atomic mass is 16.2. The van der Waals surface area contributed by atoms with Gasteiger partial charge in [-0.25, -0.2) is 19.2 Å². The number of amides is 12. The van der Waals surface area contributed by atoms with Crippen molar-refractivity contribution in [2.45, 2.75) is 231 Å². The zero-order valence-electron chi connectivity index (χ0n) is 55.6. The number of urea groups is 4. The first kappa shape index (κ1) is 75.6. The number of carbonyl (C=O) groups is 8. The Hall–Kier alpha value is -7.38. The van der Waals surface area contributed by atoms with Crippen LogP contribution in [0.15, 0.2) is 66.7 Å². The van der Waals surface area contributed by atoms with Crippen LogP contribution in [0.5, 0.6) is 0 Å². The molecule has 3 aromatic rings. The number of benzene rings is 3. The van der Waals surface area contributed by atoms with Crippen LogP contribution in [-0.2, 0) is 30.3 Å². The highest BCUT2D eigenvalue weighted by Gasteiger charge is 2.41. The molecule has 1 aliphatic rings. The molecule has 12 amide bonds. The number of nitrogens with one attached hydrogen (secondary N) is 12. The summed E-state index contributed by atoms with van der Waals surface area (Å²) in [6, 6.07) is 20.0. The predicted molar refractivity (Wildman–Crippen MR) is 346 cm³/mol. The van der Waals surface area contributed by atoms with Crippen LogP contribution in [0.25, 0.3) is 0 Å². The molecule has 3 aromatic carbocycles. The molecule has 0 spiro atoms. The van der Waals surface area contributed by atoms with E-state index in [9.17, 15) is 38.4 Å². The van der Waals surface area contributed by atoms with Gasteiger partial charge in [0.05, 0.1) is 11.1 Å². The van der Waals surface area contributed by atoms with Gasteiger partial charge in [-0.15, -0.1) is 0 Å². The number of hydrogen-bond acceptors (Lipinski definition) is 8. The fourth-order valence-electron chi connectivity index (χ4n) is 8.54. The second kappa shape index (κ2) is 34.5. The van der Waals surface area contributed by atoms with Crippen LogP contribution in [0, 0.1) is 30.6 Å². The summed E-state index contributed by atoms with van der Waals surface area (Å²) >= 11 is 0. The van der Waals surface area contributed by atoms with Crippen LogP contribution in [-0.4, -0.2) is 83.0 Å². The minimum Gasteiger partial charge on any atom is -0.351 e. The number of aryl methyl sites for hydroxylation is 1. The summed E-state index contributed by atoms with van der Waals surface area (Å²) in [6.07, 6.45) is 3.64. The molecule has 1 fully saturated rings. The number of hydrogen-bond donors (Lipinski definition) is 12. The van der Waals surface area contributed by atoms with Crippen LogP contribution in [0.2, 0.25) is 0 Å². The standard InChI is InChI=1S/C20H33N3O2.C16H31N3O2.C15H23N3O2.C14H21N3O2/c1-13(2)17(24)22-19(5,6)15-10-9-11-16(12-15)20(7,8)23-18(25)21-14(3)4;1-11(2)13(20)18-15(5)8-7-9-16(6,10-15)19-14(21)17-12(3)4;1-9(2)14(19)17-12-7-6-11(5)13(8-12)18-15(20)16-10(3)4;1-9(2)13(18)16-11-6-5-7-12(8-11)17-14(19)15-10(3)4/h9-14H,1-8H3,(H,22,24)(H2,21,23,25);11-12H,7-10H2,1-6H3,(H,18,20)(H2,17,19,21);6-10H,1-5H3,(H,17,19)(H2,16,18,20);5-10H,1-4H3,(H,16,18)(H2,15,17,19). The van der Waals surface area contributed by atoms with Crippen molar-refractivity contribution in [1.82, 2.24) is 42.5 Å². The van der Waals surface area contributed by atoms with Gasteiger partial charge in [0.2, 0.25) is 23.6 Å². The first-order chi connectivity index (χ1) is 39.1. The Bertz CT molecular complexity index is 2680. The van der Waals surface area contributed by atoms with Crippen LogP contribution < -0.4 is 63.8 Å². The third-order valence-electron chi connectivity index (χ3n) is 13.2. The van der Waals surface area contributed by atoms with Crippen LogP contribution in [0.1, 0.15) is 195 Å². The zero-order chi connectivity index (χ0) is 65.4. The van der Waals surface area contributed by atoms with E-state index in [2.05, 4.69) is 77.6 Å². The minimum atomic E-state index is -0.535. The predicted octanol–water partition coefficient (Wildman–Crippen LogP) is 12.1. The molecular weight excluding hydrogens is 1080 g/mol. The maximum Gasteiger partial charge on any atom is 0.319 e. The van der Waals surface area contributed by atoms with Crippen LogP contribution in [0.4, 0.5) is 41.9 Å². The molecule has 1 saturated carbocycles. The second-order valence-corrected chi connectivity index (χ2v) is 26.2. The van der Waals surface area contributed by atoms with Gasteiger partial charge in [-0.3, -0.25) is 19.2 Å². The Labute approximate surface area is 509 Å². The van der Waals surface area contributed by atoms with Gasteiger partial charge in [0.25, 0.3) is 0 Å². The Kier molecular flexibility index (Phi) is 30.7. The first-order valence-electron chi connectivity index (χ1n) is 30.0. The fourth-order valence-corrected chi connectivity index (χ4v) is 8.54. The molecule has 476 valence electrons. The molecule has 0 heterocycles. The van der Waals surface area contributed by atoms with Crippen molar-refractivity contribution in [3.05, 3.63) is 83.4 Å². The SMILES string of the molecule is CC(C)NC(=O)NC(C)(C)c1cccc(C(C)(C)NC(=O)C(C)C)c1.CC(C)NC(=O)NC1(C)CCCC(C)(NC(=O)C(C)C)C1.CC(C)NC(=O)Nc1cccc(NC(=O)C(C)C)c1.Cc1ccc(NC(=O)C(C)C)cc1NC(=O)NC(C)C. The van der Waals surface area contributed by atoms with E-state index in [0.717, 1.165) is 42.4 Å². The average Bonchev–Trinajstić information content (AvgIpc) is 3.35. The lowest BCUT2D eigenvalue weighted by Crippen LogP contribution is -2.61. The van der Waals surface area contributed by atoms with E-state index in [1.165, 1.54) is 0 Å². The maximum absolute atomic E-state index is 12.1. The van der Waals surface area contributed by atoms with Crippen molar-refractivity contribution >= 4 is 70.5 Å². The van der Waals surface area contributed by atoms with Gasteiger partial charge in [0, 0.05) is 81.7 Å². The van der Waals surface area contributed by atoms with E-state index >= 15 is 0 Å². The molecule has 85 heavy (non-hydrogen) atoms. The average molecular weight is 1190 g/mol. The van der Waals surface area contributed by atoms with Gasteiger partial charge in [0.1, 0.15) is 0 Å². The van der Waals surface area contributed by atoms with Crippen molar-refractivity contribution in [3.8, 4) is 0 Å². The largest absolute Gasteiger partial charge is 0.351 e. The van der Waals surface area contributed by atoms with Gasteiger partial charge in [-0.2, -0.15) is 0 Å². The third kappa shape index (κ3) is 29.8. The van der Waals surface area contributed by atoms with Crippen molar-refractivity contribution in [2.24, 2.45) is 23.7 Å². The summed E-state index contributed by atoms with van der Waals surface area (Å²) in [5.74, 6) is -0.266. The monoisotopic (exact) mass is 1180 g/mol. The van der Waals surface area contributed by atoms with E-state index in [1.807, 2.05) is 182 Å². The minimum absolute atomic E-state index is 0.0177. The van der Waals surface area contributed by atoms with E-state index in [0.29, 0.717) is 22.7 Å². The summed E-state index contributed by atoms with van der Waals surface area (Å²) in [5, 5.41) is 34.6. The molecule has 1 aliphatic carbocycles.